The maximum atomic E-state index is 12.8. The molecule has 11 nitrogen and oxygen atoms in total. The van der Waals surface area contributed by atoms with Crippen molar-refractivity contribution in [1.29, 1.82) is 0 Å². The van der Waals surface area contributed by atoms with Crippen LogP contribution in [0.25, 0.3) is 11.3 Å². The van der Waals surface area contributed by atoms with Gasteiger partial charge in [-0.25, -0.2) is 4.98 Å². The lowest BCUT2D eigenvalue weighted by molar-refractivity contribution is -0.392. The molecule has 166 valence electrons. The first-order chi connectivity index (χ1) is 15.3. The van der Waals surface area contributed by atoms with Crippen LogP contribution in [0, 0.1) is 20.2 Å². The number of benzene rings is 1. The molecular formula is C19H17ClN6O5S. The molecule has 0 spiro atoms. The number of nitro groups is 2. The van der Waals surface area contributed by atoms with Crippen molar-refractivity contribution in [3.63, 3.8) is 0 Å². The van der Waals surface area contributed by atoms with Gasteiger partial charge in [0.05, 0.1) is 21.8 Å². The maximum Gasteiger partial charge on any atom is 0.357 e. The molecule has 0 aliphatic carbocycles. The summed E-state index contributed by atoms with van der Waals surface area (Å²) in [5, 5.41) is 29.0. The Bertz CT molecular complexity index is 1220. The number of aryl methyl sites for hydroxylation is 1. The molecule has 1 fully saturated rings. The lowest BCUT2D eigenvalue weighted by Crippen LogP contribution is -2.38. The van der Waals surface area contributed by atoms with Crippen molar-refractivity contribution in [2.45, 2.75) is 18.8 Å². The summed E-state index contributed by atoms with van der Waals surface area (Å²) in [4.78, 5) is 40.3. The van der Waals surface area contributed by atoms with Crippen LogP contribution in [0.1, 0.15) is 34.1 Å². The van der Waals surface area contributed by atoms with E-state index in [4.69, 9.17) is 11.6 Å². The van der Waals surface area contributed by atoms with Crippen molar-refractivity contribution in [2.24, 2.45) is 7.05 Å². The lowest BCUT2D eigenvalue weighted by Gasteiger charge is -2.30. The minimum Gasteiger partial charge on any atom is -0.358 e. The van der Waals surface area contributed by atoms with Crippen LogP contribution in [0.5, 0.6) is 0 Å². The smallest absolute Gasteiger partial charge is 0.357 e. The predicted molar refractivity (Wildman–Crippen MR) is 117 cm³/mol. The molecule has 0 bridgehead atoms. The van der Waals surface area contributed by atoms with E-state index >= 15 is 0 Å². The zero-order valence-corrected chi connectivity index (χ0v) is 18.4. The Balaban J connectivity index is 1.45. The molecule has 0 unspecified atom stereocenters. The molecule has 0 atom stereocenters. The second-order valence-corrected chi connectivity index (χ2v) is 8.62. The van der Waals surface area contributed by atoms with Crippen molar-refractivity contribution in [3.05, 3.63) is 65.6 Å². The zero-order chi connectivity index (χ0) is 23.0. The fourth-order valence-corrected chi connectivity index (χ4v) is 4.90. The van der Waals surface area contributed by atoms with Gasteiger partial charge in [0.1, 0.15) is 12.1 Å². The number of rotatable bonds is 5. The van der Waals surface area contributed by atoms with E-state index in [1.807, 2.05) is 5.38 Å². The first-order valence-corrected chi connectivity index (χ1v) is 10.9. The molecule has 3 aromatic rings. The highest BCUT2D eigenvalue weighted by Crippen LogP contribution is 2.35. The van der Waals surface area contributed by atoms with E-state index < -0.39 is 15.8 Å². The van der Waals surface area contributed by atoms with Gasteiger partial charge in [-0.1, -0.05) is 22.8 Å². The van der Waals surface area contributed by atoms with Gasteiger partial charge in [0.2, 0.25) is 0 Å². The molecule has 4 rings (SSSR count). The van der Waals surface area contributed by atoms with E-state index in [1.54, 1.807) is 11.0 Å². The number of likely N-dealkylation sites (tertiary alicyclic amines) is 1. The van der Waals surface area contributed by atoms with Crippen LogP contribution in [0.15, 0.2) is 29.8 Å². The molecule has 2 aromatic heterocycles. The molecule has 32 heavy (non-hydrogen) atoms. The minimum absolute atomic E-state index is 0.0168. The molecule has 3 heterocycles. The summed E-state index contributed by atoms with van der Waals surface area (Å²) < 4.78 is 1.08. The van der Waals surface area contributed by atoms with E-state index in [9.17, 15) is 25.0 Å². The Labute approximate surface area is 190 Å². The van der Waals surface area contributed by atoms with Crippen LogP contribution in [0.4, 0.5) is 11.5 Å². The minimum atomic E-state index is -0.606. The highest BCUT2D eigenvalue weighted by molar-refractivity contribution is 7.10. The van der Waals surface area contributed by atoms with Crippen molar-refractivity contribution in [2.75, 3.05) is 13.1 Å². The van der Waals surface area contributed by atoms with Crippen LogP contribution in [0.3, 0.4) is 0 Å². The topological polar surface area (TPSA) is 137 Å². The third kappa shape index (κ3) is 4.06. The summed E-state index contributed by atoms with van der Waals surface area (Å²) in [7, 11) is 1.43. The van der Waals surface area contributed by atoms with Gasteiger partial charge in [0, 0.05) is 36.0 Å². The second-order valence-electron chi connectivity index (χ2n) is 7.32. The third-order valence-corrected chi connectivity index (χ3v) is 6.73. The largest absolute Gasteiger partial charge is 0.358 e. The van der Waals surface area contributed by atoms with Gasteiger partial charge in [0.25, 0.3) is 11.6 Å². The number of hydrogen-bond donors (Lipinski definition) is 0. The van der Waals surface area contributed by atoms with Crippen LogP contribution in [0.2, 0.25) is 5.02 Å². The molecule has 13 heteroatoms. The SMILES string of the molecule is Cn1ncc(C(=O)N2CCC(c3nc(-c4ccc(Cl)c([N+](=O)[O-])c4)cs3)CC2)c1[N+](=O)[O-]. The Morgan fingerprint density at radius 3 is 2.59 bits per heavy atom. The van der Waals surface area contributed by atoms with E-state index in [2.05, 4.69) is 10.1 Å². The molecule has 1 saturated heterocycles. The number of amides is 1. The number of carbonyl (C=O) groups is 1. The molecule has 1 aromatic carbocycles. The van der Waals surface area contributed by atoms with Gasteiger partial charge in [0.15, 0.2) is 5.56 Å². The maximum absolute atomic E-state index is 12.8. The fraction of sp³-hybridized carbons (Fsp3) is 0.316. The molecule has 0 N–H and O–H groups in total. The molecule has 1 aliphatic rings. The van der Waals surface area contributed by atoms with Crippen molar-refractivity contribution in [3.8, 4) is 11.3 Å². The third-order valence-electron chi connectivity index (χ3n) is 5.40. The number of nitro benzene ring substituents is 1. The first-order valence-electron chi connectivity index (χ1n) is 9.61. The van der Waals surface area contributed by atoms with Crippen LogP contribution in [-0.4, -0.2) is 48.5 Å². The Morgan fingerprint density at radius 2 is 1.94 bits per heavy atom. The van der Waals surface area contributed by atoms with Gasteiger partial charge in [-0.3, -0.25) is 14.9 Å². The molecule has 1 amide bonds. The monoisotopic (exact) mass is 476 g/mol. The van der Waals surface area contributed by atoms with Crippen molar-refractivity contribution in [1.82, 2.24) is 19.7 Å². The Morgan fingerprint density at radius 1 is 1.22 bits per heavy atom. The lowest BCUT2D eigenvalue weighted by atomic mass is 9.97. The molecule has 0 saturated carbocycles. The summed E-state index contributed by atoms with van der Waals surface area (Å²) in [5.41, 5.74) is 1.06. The Hall–Kier alpha value is -3.38. The number of thiazole rings is 1. The highest BCUT2D eigenvalue weighted by Gasteiger charge is 2.32. The number of piperidine rings is 1. The highest BCUT2D eigenvalue weighted by atomic mass is 35.5. The normalized spacial score (nSPS) is 14.5. The van der Waals surface area contributed by atoms with E-state index in [0.717, 1.165) is 9.69 Å². The van der Waals surface area contributed by atoms with Gasteiger partial charge in [-0.2, -0.15) is 0 Å². The van der Waals surface area contributed by atoms with Gasteiger partial charge >= 0.3 is 5.82 Å². The van der Waals surface area contributed by atoms with Crippen LogP contribution in [-0.2, 0) is 7.05 Å². The zero-order valence-electron chi connectivity index (χ0n) is 16.8. The number of nitrogens with zero attached hydrogens (tertiary/aromatic N) is 6. The summed E-state index contributed by atoms with van der Waals surface area (Å²) in [6.07, 6.45) is 2.55. The van der Waals surface area contributed by atoms with Gasteiger partial charge < -0.3 is 15.0 Å². The number of halogens is 1. The molecule has 1 aliphatic heterocycles. The average molecular weight is 477 g/mol. The quantitative estimate of drug-likeness (QED) is 0.400. The van der Waals surface area contributed by atoms with Gasteiger partial charge in [-0.15, -0.1) is 16.0 Å². The number of aromatic nitrogens is 3. The van der Waals surface area contributed by atoms with E-state index in [0.29, 0.717) is 37.2 Å². The van der Waals surface area contributed by atoms with E-state index in [1.165, 1.54) is 36.7 Å². The summed E-state index contributed by atoms with van der Waals surface area (Å²) in [5.74, 6) is -0.598. The van der Waals surface area contributed by atoms with Crippen LogP contribution >= 0.6 is 22.9 Å². The van der Waals surface area contributed by atoms with Gasteiger partial charge in [-0.05, 0) is 23.8 Å². The predicted octanol–water partition coefficient (Wildman–Crippen LogP) is 4.03. The Kier molecular flexibility index (Phi) is 5.89. The van der Waals surface area contributed by atoms with Crippen LogP contribution < -0.4 is 0 Å². The fourth-order valence-electron chi connectivity index (χ4n) is 3.72. The number of carbonyl (C=O) groups excluding carboxylic acids is 1. The summed E-state index contributed by atoms with van der Waals surface area (Å²) in [6, 6.07) is 4.58. The first kappa shape index (κ1) is 21.8. The standard InChI is InChI=1S/C19H17ClN6O5S/c1-23-18(26(30)31)13(9-21-23)19(27)24-6-4-11(5-7-24)17-22-15(10-32-17)12-2-3-14(20)16(8-12)25(28)29/h2-3,8-11H,4-7H2,1H3. The molecular weight excluding hydrogens is 460 g/mol. The summed E-state index contributed by atoms with van der Waals surface area (Å²) >= 11 is 7.35. The second kappa shape index (κ2) is 8.63. The number of hydrogen-bond acceptors (Lipinski definition) is 8. The average Bonchev–Trinajstić information content (AvgIpc) is 3.40. The van der Waals surface area contributed by atoms with Crippen molar-refractivity contribution < 1.29 is 14.6 Å². The van der Waals surface area contributed by atoms with E-state index in [-0.39, 0.29) is 28.0 Å². The summed E-state index contributed by atoms with van der Waals surface area (Å²) in [6.45, 7) is 0.883. The van der Waals surface area contributed by atoms with Crippen molar-refractivity contribution >= 4 is 40.4 Å². The molecule has 0 radical (unpaired) electrons.